The number of methoxy groups -OCH3 is 1. The van der Waals surface area contributed by atoms with E-state index in [2.05, 4.69) is 0 Å². The second-order valence-corrected chi connectivity index (χ2v) is 3.21. The van der Waals surface area contributed by atoms with Crippen LogP contribution in [-0.4, -0.2) is 13.7 Å². The summed E-state index contributed by atoms with van der Waals surface area (Å²) in [5, 5.41) is 0. The number of ether oxygens (including phenoxy) is 1. The van der Waals surface area contributed by atoms with E-state index in [1.807, 2.05) is 13.0 Å². The zero-order chi connectivity index (χ0) is 9.68. The first-order valence-corrected chi connectivity index (χ1v) is 4.54. The molecule has 1 aromatic rings. The van der Waals surface area contributed by atoms with Crippen LogP contribution < -0.4 is 5.73 Å². The van der Waals surface area contributed by atoms with E-state index in [1.165, 1.54) is 0 Å². The molecule has 0 aromatic carbocycles. The molecule has 1 heterocycles. The van der Waals surface area contributed by atoms with Gasteiger partial charge >= 0.3 is 0 Å². The average molecular weight is 183 g/mol. The normalized spacial score (nSPS) is 13.2. The Morgan fingerprint density at radius 2 is 2.38 bits per heavy atom. The zero-order valence-electron chi connectivity index (χ0n) is 8.25. The van der Waals surface area contributed by atoms with Crippen LogP contribution in [0.25, 0.3) is 0 Å². The molecule has 0 saturated carbocycles. The molecule has 0 amide bonds. The highest BCUT2D eigenvalue weighted by Crippen LogP contribution is 2.20. The number of hydrogen-bond donors (Lipinski definition) is 1. The number of nitrogens with two attached hydrogens (primary N) is 1. The summed E-state index contributed by atoms with van der Waals surface area (Å²) in [6.45, 7) is 2.77. The smallest absolute Gasteiger partial charge is 0.123 e. The fourth-order valence-electron chi connectivity index (χ4n) is 1.34. The van der Waals surface area contributed by atoms with Gasteiger partial charge < -0.3 is 14.9 Å². The molecule has 3 heteroatoms. The van der Waals surface area contributed by atoms with E-state index in [0.29, 0.717) is 0 Å². The van der Waals surface area contributed by atoms with Gasteiger partial charge in [-0.3, -0.25) is 0 Å². The Balaban J connectivity index is 2.39. The van der Waals surface area contributed by atoms with Crippen LogP contribution in [0, 0.1) is 6.92 Å². The van der Waals surface area contributed by atoms with Crippen molar-refractivity contribution in [3.05, 3.63) is 23.7 Å². The molecule has 74 valence electrons. The molecule has 1 aromatic heterocycles. The van der Waals surface area contributed by atoms with Crippen molar-refractivity contribution in [1.29, 1.82) is 0 Å². The molecule has 1 unspecified atom stereocenters. The highest BCUT2D eigenvalue weighted by Gasteiger charge is 2.11. The summed E-state index contributed by atoms with van der Waals surface area (Å²) in [7, 11) is 1.70. The Morgan fingerprint density at radius 1 is 1.62 bits per heavy atom. The van der Waals surface area contributed by atoms with E-state index in [9.17, 15) is 0 Å². The summed E-state index contributed by atoms with van der Waals surface area (Å²) in [6, 6.07) is 1.94. The van der Waals surface area contributed by atoms with Crippen molar-refractivity contribution in [3.8, 4) is 0 Å². The molecule has 0 spiro atoms. The molecule has 0 bridgehead atoms. The fraction of sp³-hybridized carbons (Fsp3) is 0.600. The van der Waals surface area contributed by atoms with E-state index >= 15 is 0 Å². The van der Waals surface area contributed by atoms with Gasteiger partial charge in [0.25, 0.3) is 0 Å². The van der Waals surface area contributed by atoms with Crippen LogP contribution >= 0.6 is 0 Å². The van der Waals surface area contributed by atoms with E-state index in [1.54, 1.807) is 13.4 Å². The number of rotatable bonds is 5. The zero-order valence-corrected chi connectivity index (χ0v) is 8.25. The lowest BCUT2D eigenvalue weighted by atomic mass is 10.1. The summed E-state index contributed by atoms with van der Waals surface area (Å²) in [6.07, 6.45) is 3.56. The molecule has 1 rings (SSSR count). The Morgan fingerprint density at radius 3 is 2.92 bits per heavy atom. The van der Waals surface area contributed by atoms with Gasteiger partial charge in [-0.2, -0.15) is 0 Å². The van der Waals surface area contributed by atoms with Crippen LogP contribution in [0.4, 0.5) is 0 Å². The van der Waals surface area contributed by atoms with Crippen LogP contribution in [0.5, 0.6) is 0 Å². The van der Waals surface area contributed by atoms with Gasteiger partial charge in [-0.25, -0.2) is 0 Å². The minimum atomic E-state index is 0.00477. The van der Waals surface area contributed by atoms with Gasteiger partial charge in [0.05, 0.1) is 12.3 Å². The van der Waals surface area contributed by atoms with Crippen molar-refractivity contribution >= 4 is 0 Å². The van der Waals surface area contributed by atoms with Gasteiger partial charge in [0.15, 0.2) is 0 Å². The summed E-state index contributed by atoms with van der Waals surface area (Å²) in [4.78, 5) is 0. The van der Waals surface area contributed by atoms with E-state index in [0.717, 1.165) is 30.8 Å². The summed E-state index contributed by atoms with van der Waals surface area (Å²) in [5.74, 6) is 0.899. The molecule has 3 nitrogen and oxygen atoms in total. The van der Waals surface area contributed by atoms with Crippen LogP contribution in [0.3, 0.4) is 0 Å². The third kappa shape index (κ3) is 2.86. The Hall–Kier alpha value is -0.800. The molecule has 13 heavy (non-hydrogen) atoms. The topological polar surface area (TPSA) is 48.4 Å². The van der Waals surface area contributed by atoms with Crippen molar-refractivity contribution in [1.82, 2.24) is 0 Å². The molecule has 0 radical (unpaired) electrons. The first-order chi connectivity index (χ1) is 6.25. The number of aryl methyl sites for hydroxylation is 1. The van der Waals surface area contributed by atoms with Gasteiger partial charge in [0, 0.05) is 13.7 Å². The minimum Gasteiger partial charge on any atom is -0.467 e. The highest BCUT2D eigenvalue weighted by molar-refractivity contribution is 5.17. The first-order valence-electron chi connectivity index (χ1n) is 4.54. The molecule has 0 fully saturated rings. The molecular weight excluding hydrogens is 166 g/mol. The predicted octanol–water partition coefficient (Wildman–Crippen LogP) is 2.01. The molecule has 0 aliphatic heterocycles. The fourth-order valence-corrected chi connectivity index (χ4v) is 1.34. The second-order valence-electron chi connectivity index (χ2n) is 3.21. The van der Waals surface area contributed by atoms with Crippen LogP contribution in [0.15, 0.2) is 16.7 Å². The van der Waals surface area contributed by atoms with Crippen LogP contribution in [0.1, 0.15) is 30.2 Å². The first kappa shape index (κ1) is 10.3. The second kappa shape index (κ2) is 5.04. The maximum Gasteiger partial charge on any atom is 0.123 e. The molecular formula is C10H17NO2. The number of furan rings is 1. The van der Waals surface area contributed by atoms with Crippen molar-refractivity contribution in [2.75, 3.05) is 13.7 Å². The summed E-state index contributed by atoms with van der Waals surface area (Å²) < 4.78 is 10.2. The lowest BCUT2D eigenvalue weighted by Crippen LogP contribution is -2.11. The van der Waals surface area contributed by atoms with Gasteiger partial charge in [-0.15, -0.1) is 0 Å². The largest absolute Gasteiger partial charge is 0.467 e. The monoisotopic (exact) mass is 183 g/mol. The Bertz CT molecular complexity index is 245. The Kier molecular flexibility index (Phi) is 3.99. The molecule has 0 aliphatic carbocycles. The van der Waals surface area contributed by atoms with E-state index in [-0.39, 0.29) is 6.04 Å². The number of hydrogen-bond acceptors (Lipinski definition) is 3. The maximum absolute atomic E-state index is 5.93. The van der Waals surface area contributed by atoms with Crippen LogP contribution in [-0.2, 0) is 4.74 Å². The summed E-state index contributed by atoms with van der Waals surface area (Å²) >= 11 is 0. The predicted molar refractivity (Wildman–Crippen MR) is 51.5 cm³/mol. The molecule has 1 atom stereocenters. The lowest BCUT2D eigenvalue weighted by Gasteiger charge is -2.08. The van der Waals surface area contributed by atoms with Gasteiger partial charge in [0.1, 0.15) is 5.76 Å². The summed E-state index contributed by atoms with van der Waals surface area (Å²) in [5.41, 5.74) is 7.06. The third-order valence-corrected chi connectivity index (χ3v) is 2.10. The highest BCUT2D eigenvalue weighted by atomic mass is 16.5. The van der Waals surface area contributed by atoms with Gasteiger partial charge in [0.2, 0.25) is 0 Å². The molecule has 0 aliphatic rings. The van der Waals surface area contributed by atoms with Gasteiger partial charge in [-0.05, 0) is 31.4 Å². The lowest BCUT2D eigenvalue weighted by molar-refractivity contribution is 0.189. The van der Waals surface area contributed by atoms with E-state index < -0.39 is 0 Å². The van der Waals surface area contributed by atoms with Crippen molar-refractivity contribution in [3.63, 3.8) is 0 Å². The van der Waals surface area contributed by atoms with Crippen molar-refractivity contribution in [2.45, 2.75) is 25.8 Å². The van der Waals surface area contributed by atoms with E-state index in [4.69, 9.17) is 14.9 Å². The molecule has 0 saturated heterocycles. The Labute approximate surface area is 78.9 Å². The standard InChI is InChI=1S/C10H17NO2/c1-8-5-7-13-10(8)9(11)4-3-6-12-2/h5,7,9H,3-4,6,11H2,1-2H3. The minimum absolute atomic E-state index is 0.00477. The van der Waals surface area contributed by atoms with Crippen molar-refractivity contribution < 1.29 is 9.15 Å². The van der Waals surface area contributed by atoms with Gasteiger partial charge in [-0.1, -0.05) is 0 Å². The van der Waals surface area contributed by atoms with Crippen molar-refractivity contribution in [2.24, 2.45) is 5.73 Å². The van der Waals surface area contributed by atoms with Crippen LogP contribution in [0.2, 0.25) is 0 Å². The molecule has 2 N–H and O–H groups in total. The maximum atomic E-state index is 5.93. The third-order valence-electron chi connectivity index (χ3n) is 2.10. The quantitative estimate of drug-likeness (QED) is 0.710. The SMILES string of the molecule is COCCCC(N)c1occc1C. The average Bonchev–Trinajstić information content (AvgIpc) is 2.52.